The van der Waals surface area contributed by atoms with Gasteiger partial charge < -0.3 is 5.11 Å². The van der Waals surface area contributed by atoms with E-state index in [1.54, 1.807) is 12.1 Å². The van der Waals surface area contributed by atoms with E-state index in [0.29, 0.717) is 5.56 Å². The second kappa shape index (κ2) is 6.36. The highest BCUT2D eigenvalue weighted by Crippen LogP contribution is 2.15. The first-order chi connectivity index (χ1) is 9.88. The second-order valence-corrected chi connectivity index (χ2v) is 6.97. The van der Waals surface area contributed by atoms with Crippen molar-refractivity contribution < 1.29 is 22.7 Å². The van der Waals surface area contributed by atoms with Crippen molar-refractivity contribution >= 4 is 16.0 Å². The monoisotopic (exact) mass is 313 g/mol. The highest BCUT2D eigenvalue weighted by Gasteiger charge is 2.29. The fourth-order valence-corrected chi connectivity index (χ4v) is 3.61. The van der Waals surface area contributed by atoms with Gasteiger partial charge in [-0.2, -0.15) is 4.31 Å². The first-order valence-electron chi connectivity index (χ1n) is 6.50. The summed E-state index contributed by atoms with van der Waals surface area (Å²) in [4.78, 5) is 10.9. The van der Waals surface area contributed by atoms with Crippen LogP contribution in [0.2, 0.25) is 0 Å². The maximum atomic E-state index is 13.0. The number of carboxylic acids is 1. The van der Waals surface area contributed by atoms with Crippen molar-refractivity contribution in [1.29, 1.82) is 0 Å². The van der Waals surface area contributed by atoms with Gasteiger partial charge in [0.25, 0.3) is 0 Å². The Bertz CT molecular complexity index is 657. The van der Waals surface area contributed by atoms with Crippen molar-refractivity contribution in [3.8, 4) is 0 Å². The quantitative estimate of drug-likeness (QED) is 0.831. The number of nitrogens with zero attached hydrogens (tertiary/aromatic N) is 1. The predicted molar refractivity (Wildman–Crippen MR) is 75.7 cm³/mol. The van der Waals surface area contributed by atoms with E-state index >= 15 is 0 Å². The van der Waals surface area contributed by atoms with E-state index in [0.717, 1.165) is 4.31 Å². The van der Waals surface area contributed by atoms with Crippen LogP contribution in [0.1, 0.15) is 5.56 Å². The van der Waals surface area contributed by atoms with Crippen LogP contribution in [0.4, 0.5) is 4.39 Å². The third-order valence-corrected chi connectivity index (χ3v) is 5.13. The van der Waals surface area contributed by atoms with Crippen molar-refractivity contribution in [2.45, 2.75) is 6.42 Å². The summed E-state index contributed by atoms with van der Waals surface area (Å²) in [7, 11) is -3.56. The summed E-state index contributed by atoms with van der Waals surface area (Å²) < 4.78 is 38.6. The van der Waals surface area contributed by atoms with E-state index in [-0.39, 0.29) is 25.3 Å². The molecule has 0 fully saturated rings. The van der Waals surface area contributed by atoms with Crippen LogP contribution >= 0.6 is 0 Å². The van der Waals surface area contributed by atoms with Crippen LogP contribution in [0.15, 0.2) is 36.4 Å². The molecule has 1 unspecified atom stereocenters. The summed E-state index contributed by atoms with van der Waals surface area (Å²) in [5.41, 5.74) is 0.598. The Labute approximate surface area is 122 Å². The maximum absolute atomic E-state index is 13.0. The molecule has 7 heteroatoms. The summed E-state index contributed by atoms with van der Waals surface area (Å²) in [5, 5.41) is 8.95. The molecule has 0 amide bonds. The Balaban J connectivity index is 2.02. The molecule has 1 N–H and O–H groups in total. The van der Waals surface area contributed by atoms with Gasteiger partial charge in [0.05, 0.1) is 11.7 Å². The summed E-state index contributed by atoms with van der Waals surface area (Å²) in [5.74, 6) is -2.44. The Hall–Kier alpha value is -1.73. The molecule has 0 bridgehead atoms. The van der Waals surface area contributed by atoms with E-state index in [2.05, 4.69) is 0 Å². The summed E-state index contributed by atoms with van der Waals surface area (Å²) in [6.45, 7) is 0.118. The number of aliphatic carboxylic acids is 1. The van der Waals surface area contributed by atoms with Gasteiger partial charge in [-0.1, -0.05) is 24.3 Å². The zero-order valence-corrected chi connectivity index (χ0v) is 12.1. The average Bonchev–Trinajstić information content (AvgIpc) is 2.45. The number of hydrogen-bond acceptors (Lipinski definition) is 3. The lowest BCUT2D eigenvalue weighted by molar-refractivity contribution is -0.140. The fraction of sp³-hybridized carbons (Fsp3) is 0.357. The molecule has 1 aliphatic rings. The van der Waals surface area contributed by atoms with Crippen molar-refractivity contribution in [2.24, 2.45) is 5.92 Å². The molecule has 0 aliphatic carbocycles. The van der Waals surface area contributed by atoms with E-state index in [1.165, 1.54) is 24.3 Å². The average molecular weight is 313 g/mol. The van der Waals surface area contributed by atoms with E-state index in [9.17, 15) is 17.6 Å². The van der Waals surface area contributed by atoms with Gasteiger partial charge in [-0.3, -0.25) is 4.79 Å². The number of sulfonamides is 1. The van der Waals surface area contributed by atoms with Crippen LogP contribution in [0.5, 0.6) is 0 Å². The van der Waals surface area contributed by atoms with E-state index in [1.807, 2.05) is 0 Å². The van der Waals surface area contributed by atoms with Crippen molar-refractivity contribution in [1.82, 2.24) is 4.31 Å². The minimum Gasteiger partial charge on any atom is -0.481 e. The normalized spacial score (nSPS) is 19.6. The van der Waals surface area contributed by atoms with Crippen LogP contribution in [0.3, 0.4) is 0 Å². The Morgan fingerprint density at radius 3 is 2.86 bits per heavy atom. The van der Waals surface area contributed by atoms with Gasteiger partial charge in [-0.15, -0.1) is 0 Å². The third-order valence-electron chi connectivity index (χ3n) is 3.33. The summed E-state index contributed by atoms with van der Waals surface area (Å²) >= 11 is 0. The van der Waals surface area contributed by atoms with Crippen molar-refractivity contribution in [3.63, 3.8) is 0 Å². The Morgan fingerprint density at radius 2 is 2.19 bits per heavy atom. The number of carboxylic acid groups (broad SMARTS) is 1. The third kappa shape index (κ3) is 4.12. The van der Waals surface area contributed by atoms with Gasteiger partial charge in [0.15, 0.2) is 0 Å². The Morgan fingerprint density at radius 1 is 1.43 bits per heavy atom. The second-order valence-electron chi connectivity index (χ2n) is 4.89. The lowest BCUT2D eigenvalue weighted by Gasteiger charge is -2.26. The van der Waals surface area contributed by atoms with Crippen LogP contribution in [0, 0.1) is 11.7 Å². The first kappa shape index (κ1) is 15.7. The maximum Gasteiger partial charge on any atom is 0.311 e. The van der Waals surface area contributed by atoms with Gasteiger partial charge in [0.1, 0.15) is 5.82 Å². The van der Waals surface area contributed by atoms with Gasteiger partial charge >= 0.3 is 5.97 Å². The molecule has 114 valence electrons. The molecule has 0 radical (unpaired) electrons. The molecule has 0 spiro atoms. The number of aryl methyl sites for hydroxylation is 1. The summed E-state index contributed by atoms with van der Waals surface area (Å²) in [6.07, 6.45) is 3.24. The number of hydrogen-bond donors (Lipinski definition) is 1. The zero-order chi connectivity index (χ0) is 15.5. The molecule has 0 aromatic heterocycles. The van der Waals surface area contributed by atoms with Gasteiger partial charge in [0.2, 0.25) is 10.0 Å². The minimum atomic E-state index is -3.56. The smallest absolute Gasteiger partial charge is 0.311 e. The molecule has 5 nitrogen and oxygen atoms in total. The fourth-order valence-electron chi connectivity index (χ4n) is 2.15. The lowest BCUT2D eigenvalue weighted by Crippen LogP contribution is -2.41. The highest BCUT2D eigenvalue weighted by molar-refractivity contribution is 7.89. The van der Waals surface area contributed by atoms with Crippen LogP contribution in [-0.4, -0.2) is 42.6 Å². The molecule has 1 aliphatic heterocycles. The number of rotatable bonds is 5. The molecule has 0 saturated carbocycles. The largest absolute Gasteiger partial charge is 0.481 e. The van der Waals surface area contributed by atoms with Crippen molar-refractivity contribution in [3.05, 3.63) is 47.8 Å². The number of benzene rings is 1. The lowest BCUT2D eigenvalue weighted by atomic mass is 10.1. The molecule has 1 aromatic rings. The number of halogens is 1. The molecule has 2 rings (SSSR count). The molecule has 1 atom stereocenters. The molecular formula is C14H16FNO4S. The molecular weight excluding hydrogens is 297 g/mol. The highest BCUT2D eigenvalue weighted by atomic mass is 32.2. The molecule has 21 heavy (non-hydrogen) atoms. The zero-order valence-electron chi connectivity index (χ0n) is 11.3. The minimum absolute atomic E-state index is 0.0582. The van der Waals surface area contributed by atoms with Gasteiger partial charge in [-0.25, -0.2) is 12.8 Å². The van der Waals surface area contributed by atoms with E-state index < -0.39 is 27.7 Å². The molecule has 0 saturated heterocycles. The Kier molecular flexibility index (Phi) is 4.74. The topological polar surface area (TPSA) is 74.7 Å². The van der Waals surface area contributed by atoms with Gasteiger partial charge in [-0.05, 0) is 24.1 Å². The van der Waals surface area contributed by atoms with Crippen LogP contribution in [-0.2, 0) is 21.2 Å². The molecule has 1 aromatic carbocycles. The standard InChI is InChI=1S/C14H16FNO4S/c15-13-5-1-3-11(9-13)6-8-21(19,20)16-7-2-4-12(10-16)14(17)18/h1-5,9,12H,6-8,10H2,(H,17,18). The SMILES string of the molecule is O=C(O)C1C=CCN(S(=O)(=O)CCc2cccc(F)c2)C1. The molecule has 1 heterocycles. The summed E-state index contributed by atoms with van der Waals surface area (Å²) in [6, 6.07) is 5.78. The first-order valence-corrected chi connectivity index (χ1v) is 8.11. The van der Waals surface area contributed by atoms with Crippen LogP contribution in [0.25, 0.3) is 0 Å². The van der Waals surface area contributed by atoms with Crippen LogP contribution < -0.4 is 0 Å². The number of carbonyl (C=O) groups is 1. The van der Waals surface area contributed by atoms with Crippen molar-refractivity contribution in [2.75, 3.05) is 18.8 Å². The van der Waals surface area contributed by atoms with E-state index in [4.69, 9.17) is 5.11 Å². The predicted octanol–water partition coefficient (Wildman–Crippen LogP) is 1.27. The van der Waals surface area contributed by atoms with Gasteiger partial charge in [0, 0.05) is 13.1 Å².